The topological polar surface area (TPSA) is 54.5 Å². The number of nitrogens with zero attached hydrogens (tertiary/aromatic N) is 2. The Kier molecular flexibility index (Phi) is 5.94. The Morgan fingerprint density at radius 2 is 1.86 bits per heavy atom. The Labute approximate surface area is 171 Å². The van der Waals surface area contributed by atoms with Crippen molar-refractivity contribution in [1.82, 2.24) is 10.3 Å². The highest BCUT2D eigenvalue weighted by molar-refractivity contribution is 5.86. The van der Waals surface area contributed by atoms with Gasteiger partial charge in [0.05, 0.1) is 0 Å². The van der Waals surface area contributed by atoms with Crippen molar-refractivity contribution in [2.45, 2.75) is 26.3 Å². The molecule has 4 rings (SSSR count). The van der Waals surface area contributed by atoms with Crippen LogP contribution in [0.15, 0.2) is 60.7 Å². The van der Waals surface area contributed by atoms with E-state index in [9.17, 15) is 4.79 Å². The molecule has 1 fully saturated rings. The highest BCUT2D eigenvalue weighted by atomic mass is 16.5. The molecule has 1 N–H and O–H groups in total. The van der Waals surface area contributed by atoms with Crippen LogP contribution in [0.2, 0.25) is 0 Å². The SMILES string of the molecule is CC1CCN(c2ccc3cccc(OCC(=O)NCc4ccccc4)c3n2)CC1. The van der Waals surface area contributed by atoms with Gasteiger partial charge in [0, 0.05) is 25.0 Å². The quantitative estimate of drug-likeness (QED) is 0.688. The lowest BCUT2D eigenvalue weighted by Gasteiger charge is -2.31. The zero-order valence-electron chi connectivity index (χ0n) is 16.8. The average Bonchev–Trinajstić information content (AvgIpc) is 2.77. The largest absolute Gasteiger partial charge is 0.481 e. The van der Waals surface area contributed by atoms with Crippen LogP contribution >= 0.6 is 0 Å². The van der Waals surface area contributed by atoms with Crippen LogP contribution in [0.5, 0.6) is 5.75 Å². The van der Waals surface area contributed by atoms with E-state index < -0.39 is 0 Å². The maximum absolute atomic E-state index is 12.2. The summed E-state index contributed by atoms with van der Waals surface area (Å²) in [5, 5.41) is 3.91. The third-order valence-corrected chi connectivity index (χ3v) is 5.47. The lowest BCUT2D eigenvalue weighted by Crippen LogP contribution is -2.33. The minimum atomic E-state index is -0.146. The van der Waals surface area contributed by atoms with E-state index in [0.29, 0.717) is 12.3 Å². The van der Waals surface area contributed by atoms with Crippen LogP contribution in [0, 0.1) is 5.92 Å². The number of carbonyl (C=O) groups is 1. The van der Waals surface area contributed by atoms with Crippen LogP contribution in [0.3, 0.4) is 0 Å². The maximum atomic E-state index is 12.2. The van der Waals surface area contributed by atoms with E-state index in [-0.39, 0.29) is 12.5 Å². The number of ether oxygens (including phenoxy) is 1. The summed E-state index contributed by atoms with van der Waals surface area (Å²) >= 11 is 0. The fourth-order valence-electron chi connectivity index (χ4n) is 3.63. The summed E-state index contributed by atoms with van der Waals surface area (Å²) in [5.74, 6) is 2.26. The first-order valence-electron chi connectivity index (χ1n) is 10.3. The normalized spacial score (nSPS) is 14.7. The van der Waals surface area contributed by atoms with Crippen molar-refractivity contribution in [2.75, 3.05) is 24.6 Å². The first kappa shape index (κ1) is 19.2. The van der Waals surface area contributed by atoms with Gasteiger partial charge < -0.3 is 15.0 Å². The van der Waals surface area contributed by atoms with Crippen molar-refractivity contribution in [3.8, 4) is 5.75 Å². The summed E-state index contributed by atoms with van der Waals surface area (Å²) in [6.45, 7) is 4.84. The van der Waals surface area contributed by atoms with Gasteiger partial charge in [0.25, 0.3) is 5.91 Å². The Balaban J connectivity index is 1.42. The fourth-order valence-corrected chi connectivity index (χ4v) is 3.63. The Morgan fingerprint density at radius 3 is 2.66 bits per heavy atom. The second-order valence-electron chi connectivity index (χ2n) is 7.72. The lowest BCUT2D eigenvalue weighted by molar-refractivity contribution is -0.123. The van der Waals surface area contributed by atoms with Crippen LogP contribution < -0.4 is 15.0 Å². The molecule has 5 nitrogen and oxygen atoms in total. The maximum Gasteiger partial charge on any atom is 0.258 e. The van der Waals surface area contributed by atoms with E-state index in [2.05, 4.69) is 29.3 Å². The van der Waals surface area contributed by atoms with Gasteiger partial charge in [0.15, 0.2) is 6.61 Å². The summed E-state index contributed by atoms with van der Waals surface area (Å²) in [7, 11) is 0. The molecule has 5 heteroatoms. The molecule has 150 valence electrons. The van der Waals surface area contributed by atoms with Crippen LogP contribution in [0.4, 0.5) is 5.82 Å². The van der Waals surface area contributed by atoms with Crippen LogP contribution in [-0.4, -0.2) is 30.6 Å². The fraction of sp³-hybridized carbons (Fsp3) is 0.333. The number of nitrogens with one attached hydrogen (secondary N) is 1. The van der Waals surface area contributed by atoms with E-state index >= 15 is 0 Å². The Morgan fingerprint density at radius 1 is 1.07 bits per heavy atom. The number of anilines is 1. The number of benzene rings is 2. The number of piperidine rings is 1. The van der Waals surface area contributed by atoms with Crippen molar-refractivity contribution in [1.29, 1.82) is 0 Å². The molecule has 1 aliphatic heterocycles. The first-order chi connectivity index (χ1) is 14.2. The molecule has 0 saturated carbocycles. The molecule has 0 spiro atoms. The Bertz CT molecular complexity index is 966. The van der Waals surface area contributed by atoms with Gasteiger partial charge in [-0.1, -0.05) is 49.4 Å². The third kappa shape index (κ3) is 4.86. The highest BCUT2D eigenvalue weighted by Gasteiger charge is 2.18. The molecule has 0 unspecified atom stereocenters. The zero-order chi connectivity index (χ0) is 20.1. The smallest absolute Gasteiger partial charge is 0.258 e. The molecule has 1 aliphatic rings. The molecule has 1 aromatic heterocycles. The molecule has 29 heavy (non-hydrogen) atoms. The summed E-state index contributed by atoms with van der Waals surface area (Å²) in [6, 6.07) is 19.8. The van der Waals surface area contributed by atoms with Crippen molar-refractivity contribution < 1.29 is 9.53 Å². The number of para-hydroxylation sites is 1. The zero-order valence-corrected chi connectivity index (χ0v) is 16.8. The molecule has 0 aliphatic carbocycles. The van der Waals surface area contributed by atoms with E-state index in [4.69, 9.17) is 9.72 Å². The third-order valence-electron chi connectivity index (χ3n) is 5.47. The van der Waals surface area contributed by atoms with Gasteiger partial charge in [-0.25, -0.2) is 4.98 Å². The first-order valence-corrected chi connectivity index (χ1v) is 10.3. The Hall–Kier alpha value is -3.08. The molecule has 1 saturated heterocycles. The van der Waals surface area contributed by atoms with Crippen LogP contribution in [0.25, 0.3) is 10.9 Å². The van der Waals surface area contributed by atoms with E-state index in [1.165, 1.54) is 12.8 Å². The average molecular weight is 389 g/mol. The van der Waals surface area contributed by atoms with Gasteiger partial charge in [0.2, 0.25) is 0 Å². The van der Waals surface area contributed by atoms with Gasteiger partial charge in [-0.3, -0.25) is 4.79 Å². The second-order valence-corrected chi connectivity index (χ2v) is 7.72. The number of amides is 1. The number of hydrogen-bond donors (Lipinski definition) is 1. The van der Waals surface area contributed by atoms with Crippen molar-refractivity contribution in [2.24, 2.45) is 5.92 Å². The molecule has 1 amide bonds. The van der Waals surface area contributed by atoms with Crippen molar-refractivity contribution in [3.05, 3.63) is 66.2 Å². The van der Waals surface area contributed by atoms with Gasteiger partial charge in [0.1, 0.15) is 17.1 Å². The highest BCUT2D eigenvalue weighted by Crippen LogP contribution is 2.28. The van der Waals surface area contributed by atoms with Gasteiger partial charge >= 0.3 is 0 Å². The van der Waals surface area contributed by atoms with Gasteiger partial charge in [-0.15, -0.1) is 0 Å². The minimum absolute atomic E-state index is 0.0287. The summed E-state index contributed by atoms with van der Waals surface area (Å²) in [4.78, 5) is 19.4. The summed E-state index contributed by atoms with van der Waals surface area (Å²) in [5.41, 5.74) is 1.87. The molecule has 2 heterocycles. The predicted octanol–water partition coefficient (Wildman–Crippen LogP) is 4.17. The molecular weight excluding hydrogens is 362 g/mol. The number of fused-ring (bicyclic) bond motifs is 1. The van der Waals surface area contributed by atoms with Gasteiger partial charge in [-0.05, 0) is 42.5 Å². The summed E-state index contributed by atoms with van der Waals surface area (Å²) < 4.78 is 5.84. The number of hydrogen-bond acceptors (Lipinski definition) is 4. The predicted molar refractivity (Wildman–Crippen MR) is 116 cm³/mol. The molecule has 0 bridgehead atoms. The molecule has 0 radical (unpaired) electrons. The van der Waals surface area contributed by atoms with Crippen LogP contribution in [0.1, 0.15) is 25.3 Å². The molecule has 0 atom stereocenters. The number of aromatic nitrogens is 1. The number of carbonyl (C=O) groups excluding carboxylic acids is 1. The van der Waals surface area contributed by atoms with E-state index in [1.807, 2.05) is 48.5 Å². The molecular formula is C24H27N3O2. The summed E-state index contributed by atoms with van der Waals surface area (Å²) in [6.07, 6.45) is 2.39. The van der Waals surface area contributed by atoms with E-state index in [0.717, 1.165) is 41.3 Å². The number of pyridine rings is 1. The molecule has 2 aromatic carbocycles. The number of rotatable bonds is 6. The molecule has 3 aromatic rings. The standard InChI is InChI=1S/C24H27N3O2/c1-18-12-14-27(15-13-18)22-11-10-20-8-5-9-21(24(20)26-22)29-17-23(28)25-16-19-6-3-2-4-7-19/h2-11,18H,12-17H2,1H3,(H,25,28). The van der Waals surface area contributed by atoms with Crippen molar-refractivity contribution >= 4 is 22.6 Å². The van der Waals surface area contributed by atoms with Crippen molar-refractivity contribution in [3.63, 3.8) is 0 Å². The monoisotopic (exact) mass is 389 g/mol. The second kappa shape index (κ2) is 8.95. The van der Waals surface area contributed by atoms with E-state index in [1.54, 1.807) is 0 Å². The van der Waals surface area contributed by atoms with Crippen LogP contribution in [-0.2, 0) is 11.3 Å². The lowest BCUT2D eigenvalue weighted by atomic mass is 9.99. The van der Waals surface area contributed by atoms with Gasteiger partial charge in [-0.2, -0.15) is 0 Å². The minimum Gasteiger partial charge on any atom is -0.481 e.